The first-order valence-electron chi connectivity index (χ1n) is 10.7. The molecule has 8 heteroatoms. The molecule has 2 amide bonds. The Bertz CT molecular complexity index is 1060. The highest BCUT2D eigenvalue weighted by atomic mass is 16.5. The van der Waals surface area contributed by atoms with E-state index in [1.807, 2.05) is 27.7 Å². The number of aryl methyl sites for hydroxylation is 1. The molecule has 4 rings (SSSR count). The Hall–Kier alpha value is -3.26. The van der Waals surface area contributed by atoms with Crippen LogP contribution in [0.3, 0.4) is 0 Å². The second kappa shape index (κ2) is 9.70. The Kier molecular flexibility index (Phi) is 6.57. The highest BCUT2D eigenvalue weighted by Crippen LogP contribution is 2.22. The SMILES string of the molecule is COCCCn1c(NC(=O)c2ccccc2)nc2cc(C(=O)N3CCCCC3)cnc21. The lowest BCUT2D eigenvalue weighted by Crippen LogP contribution is -2.35. The Morgan fingerprint density at radius 3 is 2.61 bits per heavy atom. The summed E-state index contributed by atoms with van der Waals surface area (Å²) in [4.78, 5) is 36.6. The molecule has 1 N–H and O–H groups in total. The van der Waals surface area contributed by atoms with Crippen molar-refractivity contribution in [1.29, 1.82) is 0 Å². The third-order valence-electron chi connectivity index (χ3n) is 5.47. The van der Waals surface area contributed by atoms with Crippen LogP contribution in [0, 0.1) is 0 Å². The van der Waals surface area contributed by atoms with Gasteiger partial charge in [0.05, 0.1) is 5.56 Å². The molecule has 0 bridgehead atoms. The van der Waals surface area contributed by atoms with Crippen LogP contribution in [-0.2, 0) is 11.3 Å². The van der Waals surface area contributed by atoms with Gasteiger partial charge in [-0.05, 0) is 43.9 Å². The molecule has 0 unspecified atom stereocenters. The standard InChI is InChI=1S/C23H27N5O3/c1-31-14-8-13-28-20-19(25-23(28)26-21(29)17-9-4-2-5-10-17)15-18(16-24-20)22(30)27-11-6-3-7-12-27/h2,4-5,9-10,15-16H,3,6-8,11-14H2,1H3,(H,25,26,29). The number of carbonyl (C=O) groups excluding carboxylic acids is 2. The zero-order chi connectivity index (χ0) is 21.6. The average molecular weight is 422 g/mol. The topological polar surface area (TPSA) is 89.3 Å². The third kappa shape index (κ3) is 4.74. The van der Waals surface area contributed by atoms with E-state index >= 15 is 0 Å². The van der Waals surface area contributed by atoms with Crippen molar-refractivity contribution in [3.8, 4) is 0 Å². The molecule has 3 heterocycles. The maximum atomic E-state index is 12.9. The molecule has 3 aromatic rings. The minimum absolute atomic E-state index is 0.0158. The van der Waals surface area contributed by atoms with E-state index in [1.165, 1.54) is 0 Å². The van der Waals surface area contributed by atoms with E-state index in [2.05, 4.69) is 15.3 Å². The molecule has 0 atom stereocenters. The van der Waals surface area contributed by atoms with Gasteiger partial charge in [0.2, 0.25) is 5.95 Å². The summed E-state index contributed by atoms with van der Waals surface area (Å²) in [5.41, 5.74) is 2.29. The van der Waals surface area contributed by atoms with Gasteiger partial charge in [-0.25, -0.2) is 9.97 Å². The van der Waals surface area contributed by atoms with Gasteiger partial charge in [0.1, 0.15) is 5.52 Å². The number of hydrogen-bond donors (Lipinski definition) is 1. The molecule has 1 aliphatic heterocycles. The molecule has 0 saturated carbocycles. The summed E-state index contributed by atoms with van der Waals surface area (Å²) in [5, 5.41) is 2.89. The van der Waals surface area contributed by atoms with Gasteiger partial charge < -0.3 is 9.64 Å². The number of benzene rings is 1. The van der Waals surface area contributed by atoms with E-state index in [9.17, 15) is 9.59 Å². The number of fused-ring (bicyclic) bond motifs is 1. The Labute approximate surface area is 181 Å². The fourth-order valence-corrected chi connectivity index (χ4v) is 3.84. The second-order valence-electron chi connectivity index (χ2n) is 7.67. The van der Waals surface area contributed by atoms with Gasteiger partial charge >= 0.3 is 0 Å². The minimum Gasteiger partial charge on any atom is -0.385 e. The number of piperidine rings is 1. The first-order chi connectivity index (χ1) is 15.2. The lowest BCUT2D eigenvalue weighted by molar-refractivity contribution is 0.0724. The van der Waals surface area contributed by atoms with E-state index in [1.54, 1.807) is 31.5 Å². The summed E-state index contributed by atoms with van der Waals surface area (Å²) in [5.74, 6) is 0.154. The molecule has 1 saturated heterocycles. The predicted octanol–water partition coefficient (Wildman–Crippen LogP) is 3.35. The maximum absolute atomic E-state index is 12.9. The largest absolute Gasteiger partial charge is 0.385 e. The van der Waals surface area contributed by atoms with E-state index in [4.69, 9.17) is 4.74 Å². The van der Waals surface area contributed by atoms with E-state index in [0.717, 1.165) is 38.8 Å². The number of nitrogens with one attached hydrogen (secondary N) is 1. The van der Waals surface area contributed by atoms with Crippen LogP contribution in [0.5, 0.6) is 0 Å². The first-order valence-corrected chi connectivity index (χ1v) is 10.7. The van der Waals surface area contributed by atoms with Crippen molar-refractivity contribution >= 4 is 28.9 Å². The van der Waals surface area contributed by atoms with Crippen LogP contribution in [0.25, 0.3) is 11.2 Å². The van der Waals surface area contributed by atoms with Crippen molar-refractivity contribution < 1.29 is 14.3 Å². The maximum Gasteiger partial charge on any atom is 0.257 e. The highest BCUT2D eigenvalue weighted by molar-refractivity contribution is 6.04. The Balaban J connectivity index is 1.64. The van der Waals surface area contributed by atoms with Gasteiger partial charge in [0.15, 0.2) is 5.65 Å². The number of anilines is 1. The molecule has 1 aromatic carbocycles. The molecule has 0 aliphatic carbocycles. The molecule has 31 heavy (non-hydrogen) atoms. The number of likely N-dealkylation sites (tertiary alicyclic amines) is 1. The zero-order valence-corrected chi connectivity index (χ0v) is 17.7. The number of nitrogens with zero attached hydrogens (tertiary/aromatic N) is 4. The Morgan fingerprint density at radius 2 is 1.87 bits per heavy atom. The molecular formula is C23H27N5O3. The van der Waals surface area contributed by atoms with Crippen LogP contribution < -0.4 is 5.32 Å². The van der Waals surface area contributed by atoms with Crippen LogP contribution in [-0.4, -0.2) is 58.1 Å². The molecule has 162 valence electrons. The molecule has 1 aliphatic rings. The van der Waals surface area contributed by atoms with Gasteiger partial charge in [-0.2, -0.15) is 0 Å². The van der Waals surface area contributed by atoms with Gasteiger partial charge in [-0.15, -0.1) is 0 Å². The number of rotatable bonds is 7. The number of ether oxygens (including phenoxy) is 1. The number of pyridine rings is 1. The number of carbonyl (C=O) groups is 2. The molecule has 0 radical (unpaired) electrons. The van der Waals surface area contributed by atoms with Gasteiger partial charge in [-0.1, -0.05) is 18.2 Å². The highest BCUT2D eigenvalue weighted by Gasteiger charge is 2.21. The average Bonchev–Trinajstić information content (AvgIpc) is 3.16. The second-order valence-corrected chi connectivity index (χ2v) is 7.67. The summed E-state index contributed by atoms with van der Waals surface area (Å²) < 4.78 is 7.03. The van der Waals surface area contributed by atoms with E-state index < -0.39 is 0 Å². The van der Waals surface area contributed by atoms with Crippen LogP contribution >= 0.6 is 0 Å². The smallest absolute Gasteiger partial charge is 0.257 e. The van der Waals surface area contributed by atoms with Crippen LogP contribution in [0.1, 0.15) is 46.4 Å². The van der Waals surface area contributed by atoms with Gasteiger partial charge in [-0.3, -0.25) is 19.5 Å². The summed E-state index contributed by atoms with van der Waals surface area (Å²) >= 11 is 0. The quantitative estimate of drug-likeness (QED) is 0.591. The zero-order valence-electron chi connectivity index (χ0n) is 17.7. The van der Waals surface area contributed by atoms with E-state index in [0.29, 0.717) is 41.4 Å². The lowest BCUT2D eigenvalue weighted by Gasteiger charge is -2.26. The molecule has 0 spiro atoms. The van der Waals surface area contributed by atoms with Crippen molar-refractivity contribution in [3.63, 3.8) is 0 Å². The van der Waals surface area contributed by atoms with Crippen molar-refractivity contribution in [2.24, 2.45) is 0 Å². The fraction of sp³-hybridized carbons (Fsp3) is 0.391. The van der Waals surface area contributed by atoms with Crippen molar-refractivity contribution in [2.45, 2.75) is 32.2 Å². The van der Waals surface area contributed by atoms with Crippen LogP contribution in [0.4, 0.5) is 5.95 Å². The Morgan fingerprint density at radius 1 is 1.10 bits per heavy atom. The minimum atomic E-state index is -0.242. The summed E-state index contributed by atoms with van der Waals surface area (Å²) in [6, 6.07) is 10.8. The number of aromatic nitrogens is 3. The van der Waals surface area contributed by atoms with E-state index in [-0.39, 0.29) is 11.8 Å². The number of hydrogen-bond acceptors (Lipinski definition) is 5. The predicted molar refractivity (Wildman–Crippen MR) is 118 cm³/mol. The van der Waals surface area contributed by atoms with Crippen molar-refractivity contribution in [1.82, 2.24) is 19.4 Å². The monoisotopic (exact) mass is 421 g/mol. The van der Waals surface area contributed by atoms with Gasteiger partial charge in [0.25, 0.3) is 11.8 Å². The first kappa shape index (κ1) is 21.0. The van der Waals surface area contributed by atoms with Gasteiger partial charge in [0, 0.05) is 45.1 Å². The number of amides is 2. The molecule has 2 aromatic heterocycles. The lowest BCUT2D eigenvalue weighted by atomic mass is 10.1. The molecular weight excluding hydrogens is 394 g/mol. The van der Waals surface area contributed by atoms with Crippen LogP contribution in [0.15, 0.2) is 42.6 Å². The summed E-state index contributed by atoms with van der Waals surface area (Å²) in [7, 11) is 1.65. The normalized spacial score (nSPS) is 14.0. The summed E-state index contributed by atoms with van der Waals surface area (Å²) in [6.07, 6.45) is 5.58. The van der Waals surface area contributed by atoms with Crippen molar-refractivity contribution in [2.75, 3.05) is 32.1 Å². The molecule has 8 nitrogen and oxygen atoms in total. The van der Waals surface area contributed by atoms with Crippen LogP contribution in [0.2, 0.25) is 0 Å². The van der Waals surface area contributed by atoms with Crippen molar-refractivity contribution in [3.05, 3.63) is 53.7 Å². The summed E-state index contributed by atoms with van der Waals surface area (Å²) in [6.45, 7) is 2.72. The number of imidazole rings is 1. The third-order valence-corrected chi connectivity index (χ3v) is 5.47. The fourth-order valence-electron chi connectivity index (χ4n) is 3.84. The molecule has 1 fully saturated rings. The number of methoxy groups -OCH3 is 1.